The smallest absolute Gasteiger partial charge is 0.316 e. The zero-order valence-electron chi connectivity index (χ0n) is 11.9. The number of benzene rings is 2. The van der Waals surface area contributed by atoms with Crippen LogP contribution in [-0.4, -0.2) is 14.5 Å². The van der Waals surface area contributed by atoms with Crippen LogP contribution in [-0.2, 0) is 12.7 Å². The molecule has 24 heavy (non-hydrogen) atoms. The van der Waals surface area contributed by atoms with Gasteiger partial charge in [0.15, 0.2) is 0 Å². The number of halogens is 4. The molecule has 0 aliphatic heterocycles. The number of nitro groups is 1. The fourth-order valence-corrected chi connectivity index (χ4v) is 2.63. The second-order valence-corrected chi connectivity index (χ2v) is 5.45. The molecule has 9 heteroatoms. The Labute approximate surface area is 138 Å². The molecule has 0 fully saturated rings. The third-order valence-corrected chi connectivity index (χ3v) is 3.84. The van der Waals surface area contributed by atoms with Gasteiger partial charge in [-0.3, -0.25) is 10.1 Å². The molecule has 0 saturated heterocycles. The molecule has 0 spiro atoms. The number of para-hydroxylation sites is 2. The third kappa shape index (κ3) is 2.92. The molecule has 2 aromatic carbocycles. The summed E-state index contributed by atoms with van der Waals surface area (Å²) in [6.45, 7) is -0.202. The number of hydrogen-bond donors (Lipinski definition) is 0. The van der Waals surface area contributed by atoms with Crippen molar-refractivity contribution < 1.29 is 18.1 Å². The van der Waals surface area contributed by atoms with Crippen LogP contribution in [0.15, 0.2) is 42.5 Å². The van der Waals surface area contributed by atoms with Crippen LogP contribution < -0.4 is 0 Å². The van der Waals surface area contributed by atoms with Gasteiger partial charge < -0.3 is 4.57 Å². The molecule has 0 unspecified atom stereocenters. The average Bonchev–Trinajstić information content (AvgIpc) is 2.88. The number of fused-ring (bicyclic) bond motifs is 1. The van der Waals surface area contributed by atoms with Gasteiger partial charge in [-0.1, -0.05) is 23.7 Å². The standard InChI is InChI=1S/C15H9ClF3N3O2/c16-11-7-10(22(23)24)6-5-9(11)8-21-13-4-2-1-3-12(13)20-14(21)15(17,18)19/h1-7H,8H2. The van der Waals surface area contributed by atoms with Gasteiger partial charge in [0.1, 0.15) is 0 Å². The van der Waals surface area contributed by atoms with E-state index in [1.165, 1.54) is 24.3 Å². The number of rotatable bonds is 3. The Morgan fingerprint density at radius 3 is 2.54 bits per heavy atom. The fraction of sp³-hybridized carbons (Fsp3) is 0.133. The van der Waals surface area contributed by atoms with Crippen molar-refractivity contribution >= 4 is 28.3 Å². The Morgan fingerprint density at radius 1 is 1.21 bits per heavy atom. The van der Waals surface area contributed by atoms with Crippen LogP contribution in [0, 0.1) is 10.1 Å². The van der Waals surface area contributed by atoms with Crippen molar-refractivity contribution in [1.29, 1.82) is 0 Å². The van der Waals surface area contributed by atoms with Crippen LogP contribution in [0.2, 0.25) is 5.02 Å². The molecule has 0 aliphatic carbocycles. The van der Waals surface area contributed by atoms with Gasteiger partial charge in [0.25, 0.3) is 5.69 Å². The van der Waals surface area contributed by atoms with Crippen molar-refractivity contribution in [2.75, 3.05) is 0 Å². The lowest BCUT2D eigenvalue weighted by atomic mass is 10.2. The second-order valence-electron chi connectivity index (χ2n) is 5.04. The summed E-state index contributed by atoms with van der Waals surface area (Å²) >= 11 is 5.99. The molecule has 0 amide bonds. The molecule has 5 nitrogen and oxygen atoms in total. The molecule has 1 heterocycles. The van der Waals surface area contributed by atoms with E-state index in [-0.39, 0.29) is 22.8 Å². The Balaban J connectivity index is 2.11. The summed E-state index contributed by atoms with van der Waals surface area (Å²) in [5, 5.41) is 10.7. The summed E-state index contributed by atoms with van der Waals surface area (Å²) in [5.74, 6) is -1.04. The van der Waals surface area contributed by atoms with Crippen LogP contribution in [0.25, 0.3) is 11.0 Å². The lowest BCUT2D eigenvalue weighted by Crippen LogP contribution is -2.15. The maximum atomic E-state index is 13.3. The quantitative estimate of drug-likeness (QED) is 0.507. The predicted molar refractivity (Wildman–Crippen MR) is 81.9 cm³/mol. The highest BCUT2D eigenvalue weighted by molar-refractivity contribution is 6.31. The maximum Gasteiger partial charge on any atom is 0.449 e. The third-order valence-electron chi connectivity index (χ3n) is 3.48. The molecule has 0 N–H and O–H groups in total. The van der Waals surface area contributed by atoms with Crippen molar-refractivity contribution in [1.82, 2.24) is 9.55 Å². The first kappa shape index (κ1) is 16.3. The molecule has 0 saturated carbocycles. The summed E-state index contributed by atoms with van der Waals surface area (Å²) in [5.41, 5.74) is 0.619. The van der Waals surface area contributed by atoms with E-state index in [0.717, 1.165) is 10.6 Å². The lowest BCUT2D eigenvalue weighted by molar-refractivity contribution is -0.384. The minimum absolute atomic E-state index is 0.0232. The van der Waals surface area contributed by atoms with Gasteiger partial charge in [-0.05, 0) is 23.8 Å². The Hall–Kier alpha value is -2.61. The topological polar surface area (TPSA) is 61.0 Å². The largest absolute Gasteiger partial charge is 0.449 e. The second kappa shape index (κ2) is 5.79. The monoisotopic (exact) mass is 355 g/mol. The highest BCUT2D eigenvalue weighted by atomic mass is 35.5. The Bertz CT molecular complexity index is 937. The van der Waals surface area contributed by atoms with Crippen molar-refractivity contribution in [3.05, 3.63) is 69.0 Å². The first-order chi connectivity index (χ1) is 11.3. The van der Waals surface area contributed by atoms with Crippen molar-refractivity contribution in [2.45, 2.75) is 12.7 Å². The molecule has 0 aliphatic rings. The number of nitro benzene ring substituents is 1. The molecule has 0 atom stereocenters. The van der Waals surface area contributed by atoms with Crippen LogP contribution in [0.1, 0.15) is 11.4 Å². The minimum Gasteiger partial charge on any atom is -0.316 e. The van der Waals surface area contributed by atoms with Crippen LogP contribution in [0.5, 0.6) is 0 Å². The zero-order valence-corrected chi connectivity index (χ0v) is 12.7. The molecule has 0 radical (unpaired) electrons. The zero-order chi connectivity index (χ0) is 17.5. The Kier molecular flexibility index (Phi) is 3.92. The van der Waals surface area contributed by atoms with Gasteiger partial charge in [0.05, 0.1) is 27.5 Å². The lowest BCUT2D eigenvalue weighted by Gasteiger charge is -2.12. The fourth-order valence-electron chi connectivity index (χ4n) is 2.40. The van der Waals surface area contributed by atoms with Gasteiger partial charge in [-0.2, -0.15) is 13.2 Å². The highest BCUT2D eigenvalue weighted by Gasteiger charge is 2.37. The van der Waals surface area contributed by atoms with E-state index in [2.05, 4.69) is 4.98 Å². The van der Waals surface area contributed by atoms with Gasteiger partial charge in [-0.15, -0.1) is 0 Å². The first-order valence-corrected chi connectivity index (χ1v) is 7.10. The van der Waals surface area contributed by atoms with Crippen LogP contribution >= 0.6 is 11.6 Å². The van der Waals surface area contributed by atoms with Crippen molar-refractivity contribution in [2.24, 2.45) is 0 Å². The minimum atomic E-state index is -4.63. The van der Waals surface area contributed by atoms with E-state index in [4.69, 9.17) is 11.6 Å². The van der Waals surface area contributed by atoms with E-state index < -0.39 is 16.9 Å². The van der Waals surface area contributed by atoms with E-state index in [9.17, 15) is 23.3 Å². The normalized spacial score (nSPS) is 11.8. The van der Waals surface area contributed by atoms with E-state index >= 15 is 0 Å². The highest BCUT2D eigenvalue weighted by Crippen LogP contribution is 2.33. The molecular formula is C15H9ClF3N3O2. The summed E-state index contributed by atoms with van der Waals surface area (Å²) in [7, 11) is 0. The van der Waals surface area contributed by atoms with Gasteiger partial charge in [0, 0.05) is 12.1 Å². The number of aromatic nitrogens is 2. The number of hydrogen-bond acceptors (Lipinski definition) is 3. The Morgan fingerprint density at radius 2 is 1.92 bits per heavy atom. The predicted octanol–water partition coefficient (Wildman–Crippen LogP) is 4.67. The summed E-state index contributed by atoms with van der Waals surface area (Å²) in [6, 6.07) is 9.87. The van der Waals surface area contributed by atoms with E-state index in [0.29, 0.717) is 11.1 Å². The SMILES string of the molecule is O=[N+]([O-])c1ccc(Cn2c(C(F)(F)F)nc3ccccc32)c(Cl)c1. The molecule has 1 aromatic heterocycles. The average molecular weight is 356 g/mol. The van der Waals surface area contributed by atoms with Crippen LogP contribution in [0.4, 0.5) is 18.9 Å². The summed E-state index contributed by atoms with van der Waals surface area (Å²) in [4.78, 5) is 13.7. The molecular weight excluding hydrogens is 347 g/mol. The molecule has 0 bridgehead atoms. The van der Waals surface area contributed by atoms with Gasteiger partial charge in [0.2, 0.25) is 5.82 Å². The number of nitrogens with zero attached hydrogens (tertiary/aromatic N) is 3. The summed E-state index contributed by atoms with van der Waals surface area (Å²) in [6.07, 6.45) is -4.63. The van der Waals surface area contributed by atoms with Crippen LogP contribution in [0.3, 0.4) is 0 Å². The van der Waals surface area contributed by atoms with E-state index in [1.54, 1.807) is 12.1 Å². The number of imidazole rings is 1. The molecule has 3 aromatic rings. The number of non-ortho nitro benzene ring substituents is 1. The molecule has 124 valence electrons. The van der Waals surface area contributed by atoms with Crippen molar-refractivity contribution in [3.63, 3.8) is 0 Å². The number of alkyl halides is 3. The van der Waals surface area contributed by atoms with Gasteiger partial charge >= 0.3 is 6.18 Å². The van der Waals surface area contributed by atoms with Crippen molar-refractivity contribution in [3.8, 4) is 0 Å². The maximum absolute atomic E-state index is 13.3. The summed E-state index contributed by atoms with van der Waals surface area (Å²) < 4.78 is 40.8. The van der Waals surface area contributed by atoms with Gasteiger partial charge in [-0.25, -0.2) is 4.98 Å². The first-order valence-electron chi connectivity index (χ1n) is 6.72. The molecule has 3 rings (SSSR count). The van der Waals surface area contributed by atoms with E-state index in [1.807, 2.05) is 0 Å².